The van der Waals surface area contributed by atoms with Crippen LogP contribution >= 0.6 is 0 Å². The first kappa shape index (κ1) is 15.9. The lowest BCUT2D eigenvalue weighted by atomic mass is 10.0. The monoisotopic (exact) mass is 311 g/mol. The minimum absolute atomic E-state index is 0.146. The zero-order chi connectivity index (χ0) is 16.1. The van der Waals surface area contributed by atoms with Gasteiger partial charge in [0.05, 0.1) is 20.3 Å². The van der Waals surface area contributed by atoms with Gasteiger partial charge in [-0.3, -0.25) is 0 Å². The summed E-state index contributed by atoms with van der Waals surface area (Å²) in [6, 6.07) is 4.29. The highest BCUT2D eigenvalue weighted by Crippen LogP contribution is 2.32. The third kappa shape index (κ3) is 3.59. The summed E-state index contributed by atoms with van der Waals surface area (Å²) in [6.07, 6.45) is -2.09. The molecule has 0 saturated carbocycles. The van der Waals surface area contributed by atoms with E-state index in [9.17, 15) is 14.7 Å². The van der Waals surface area contributed by atoms with E-state index in [1.54, 1.807) is 18.2 Å². The number of fused-ring (bicyclic) bond motifs is 1. The Balaban J connectivity index is 2.14. The van der Waals surface area contributed by atoms with Gasteiger partial charge in [-0.1, -0.05) is 6.07 Å². The Morgan fingerprint density at radius 2 is 2.00 bits per heavy atom. The Morgan fingerprint density at radius 1 is 1.27 bits per heavy atom. The summed E-state index contributed by atoms with van der Waals surface area (Å²) in [5.74, 6) is 0.346. The van der Waals surface area contributed by atoms with Crippen LogP contribution in [0.2, 0.25) is 0 Å². The molecule has 8 heteroatoms. The van der Waals surface area contributed by atoms with E-state index in [0.29, 0.717) is 11.5 Å². The Labute approximate surface area is 126 Å². The molecule has 120 valence electrons. The average Bonchev–Trinajstić information content (AvgIpc) is 3.00. The summed E-state index contributed by atoms with van der Waals surface area (Å²) in [5.41, 5.74) is 0.744. The van der Waals surface area contributed by atoms with E-state index in [1.165, 1.54) is 7.11 Å². The van der Waals surface area contributed by atoms with Crippen molar-refractivity contribution in [1.82, 2.24) is 5.32 Å². The summed E-state index contributed by atoms with van der Waals surface area (Å²) in [7, 11) is 2.35. The molecule has 1 heterocycles. The number of nitrogens with one attached hydrogen (secondary N) is 1. The number of aliphatic hydroxyl groups is 1. The topological polar surface area (TPSA) is 103 Å². The lowest BCUT2D eigenvalue weighted by molar-refractivity contribution is -0.151. The summed E-state index contributed by atoms with van der Waals surface area (Å²) in [5, 5.41) is 12.4. The van der Waals surface area contributed by atoms with Crippen molar-refractivity contribution < 1.29 is 33.6 Å². The molecule has 1 aliphatic rings. The predicted octanol–water partition coefficient (Wildman–Crippen LogP) is 0.216. The number of carbonyl (C=O) groups is 2. The summed E-state index contributed by atoms with van der Waals surface area (Å²) >= 11 is 0. The molecule has 0 saturated heterocycles. The van der Waals surface area contributed by atoms with E-state index in [2.05, 4.69) is 14.8 Å². The average molecular weight is 311 g/mol. The van der Waals surface area contributed by atoms with Crippen LogP contribution in [-0.2, 0) is 20.7 Å². The maximum absolute atomic E-state index is 11.5. The number of ether oxygens (including phenoxy) is 4. The van der Waals surface area contributed by atoms with Gasteiger partial charge in [0.25, 0.3) is 0 Å². The molecule has 0 fully saturated rings. The predicted molar refractivity (Wildman–Crippen MR) is 73.6 cm³/mol. The number of carbonyl (C=O) groups excluding carboxylic acids is 2. The van der Waals surface area contributed by atoms with Gasteiger partial charge in [-0.05, 0) is 24.1 Å². The number of hydrogen-bond donors (Lipinski definition) is 2. The number of aliphatic hydroxyl groups excluding tert-OH is 1. The molecule has 8 nitrogen and oxygen atoms in total. The van der Waals surface area contributed by atoms with Crippen molar-refractivity contribution >= 4 is 12.1 Å². The van der Waals surface area contributed by atoms with Crippen molar-refractivity contribution in [2.24, 2.45) is 0 Å². The molecule has 0 bridgehead atoms. The fourth-order valence-corrected chi connectivity index (χ4v) is 2.06. The number of amides is 1. The van der Waals surface area contributed by atoms with Gasteiger partial charge < -0.3 is 29.4 Å². The molecule has 1 aromatic rings. The van der Waals surface area contributed by atoms with E-state index in [0.717, 1.165) is 12.7 Å². The molecule has 0 aromatic heterocycles. The first-order valence-corrected chi connectivity index (χ1v) is 6.54. The van der Waals surface area contributed by atoms with Crippen LogP contribution in [0.15, 0.2) is 18.2 Å². The van der Waals surface area contributed by atoms with Crippen LogP contribution in [0.5, 0.6) is 11.5 Å². The van der Waals surface area contributed by atoms with Gasteiger partial charge in [0.1, 0.15) is 0 Å². The lowest BCUT2D eigenvalue weighted by Gasteiger charge is -2.22. The van der Waals surface area contributed by atoms with Crippen molar-refractivity contribution in [1.29, 1.82) is 0 Å². The second-order valence-corrected chi connectivity index (χ2v) is 4.60. The lowest BCUT2D eigenvalue weighted by Crippen LogP contribution is -2.48. The molecule has 2 unspecified atom stereocenters. The summed E-state index contributed by atoms with van der Waals surface area (Å²) < 4.78 is 19.5. The smallest absolute Gasteiger partial charge is 0.407 e. The Bertz CT molecular complexity index is 560. The highest BCUT2D eigenvalue weighted by molar-refractivity contribution is 5.77. The molecular formula is C14H17NO7. The number of esters is 1. The van der Waals surface area contributed by atoms with Gasteiger partial charge in [0.2, 0.25) is 6.79 Å². The fourth-order valence-electron chi connectivity index (χ4n) is 2.06. The summed E-state index contributed by atoms with van der Waals surface area (Å²) in [4.78, 5) is 22.9. The van der Waals surface area contributed by atoms with Crippen molar-refractivity contribution in [3.63, 3.8) is 0 Å². The summed E-state index contributed by atoms with van der Waals surface area (Å²) in [6.45, 7) is 0.146. The van der Waals surface area contributed by atoms with Gasteiger partial charge in [-0.2, -0.15) is 0 Å². The number of methoxy groups -OCH3 is 2. The van der Waals surface area contributed by atoms with E-state index in [1.807, 2.05) is 0 Å². The van der Waals surface area contributed by atoms with Crippen LogP contribution in [0, 0.1) is 0 Å². The first-order chi connectivity index (χ1) is 10.5. The van der Waals surface area contributed by atoms with Crippen LogP contribution in [0.1, 0.15) is 5.56 Å². The van der Waals surface area contributed by atoms with E-state index < -0.39 is 24.2 Å². The van der Waals surface area contributed by atoms with Crippen LogP contribution < -0.4 is 14.8 Å². The Morgan fingerprint density at radius 3 is 2.68 bits per heavy atom. The minimum atomic E-state index is -1.52. The fraction of sp³-hybridized carbons (Fsp3) is 0.429. The number of alkyl carbamates (subject to hydrolysis) is 1. The van der Waals surface area contributed by atoms with E-state index >= 15 is 0 Å². The Hall–Kier alpha value is -2.48. The zero-order valence-electron chi connectivity index (χ0n) is 12.2. The zero-order valence-corrected chi connectivity index (χ0v) is 12.2. The van der Waals surface area contributed by atoms with Crippen LogP contribution in [0.25, 0.3) is 0 Å². The van der Waals surface area contributed by atoms with Crippen LogP contribution in [0.3, 0.4) is 0 Å². The van der Waals surface area contributed by atoms with Crippen molar-refractivity contribution in [2.75, 3.05) is 21.0 Å². The molecule has 0 aliphatic carbocycles. The second-order valence-electron chi connectivity index (χ2n) is 4.60. The highest BCUT2D eigenvalue weighted by Gasteiger charge is 2.29. The van der Waals surface area contributed by atoms with Crippen molar-refractivity contribution in [3.05, 3.63) is 23.8 Å². The largest absolute Gasteiger partial charge is 0.467 e. The molecule has 22 heavy (non-hydrogen) atoms. The third-order valence-electron chi connectivity index (χ3n) is 3.21. The van der Waals surface area contributed by atoms with Gasteiger partial charge >= 0.3 is 12.1 Å². The third-order valence-corrected chi connectivity index (χ3v) is 3.21. The van der Waals surface area contributed by atoms with Gasteiger partial charge in [0.15, 0.2) is 17.6 Å². The molecular weight excluding hydrogens is 294 g/mol. The standard InChI is InChI=1S/C14H17NO7/c1-19-13(17)12(16)9(15-14(18)20-2)5-8-3-4-10-11(6-8)22-7-21-10/h3-4,6,9,12,16H,5,7H2,1-2H3,(H,15,18). The number of benzene rings is 1. The molecule has 0 radical (unpaired) electrons. The maximum Gasteiger partial charge on any atom is 0.407 e. The van der Waals surface area contributed by atoms with Crippen LogP contribution in [-0.4, -0.2) is 50.3 Å². The minimum Gasteiger partial charge on any atom is -0.467 e. The SMILES string of the molecule is COC(=O)NC(Cc1ccc2c(c1)OCO2)C(O)C(=O)OC. The molecule has 2 N–H and O–H groups in total. The molecule has 1 amide bonds. The van der Waals surface area contributed by atoms with Gasteiger partial charge in [-0.25, -0.2) is 9.59 Å². The number of hydrogen-bond acceptors (Lipinski definition) is 7. The molecule has 0 spiro atoms. The molecule has 2 atom stereocenters. The Kier molecular flexibility index (Phi) is 5.05. The maximum atomic E-state index is 11.5. The quantitative estimate of drug-likeness (QED) is 0.749. The van der Waals surface area contributed by atoms with E-state index in [4.69, 9.17) is 9.47 Å². The normalized spacial score (nSPS) is 14.9. The van der Waals surface area contributed by atoms with Crippen molar-refractivity contribution in [3.8, 4) is 11.5 Å². The van der Waals surface area contributed by atoms with Gasteiger partial charge in [-0.15, -0.1) is 0 Å². The van der Waals surface area contributed by atoms with Crippen molar-refractivity contribution in [2.45, 2.75) is 18.6 Å². The molecule has 2 rings (SSSR count). The highest BCUT2D eigenvalue weighted by atomic mass is 16.7. The number of rotatable bonds is 5. The molecule has 1 aromatic carbocycles. The van der Waals surface area contributed by atoms with Gasteiger partial charge in [0, 0.05) is 0 Å². The van der Waals surface area contributed by atoms with Crippen LogP contribution in [0.4, 0.5) is 4.79 Å². The second kappa shape index (κ2) is 6.99. The molecule has 1 aliphatic heterocycles. The first-order valence-electron chi connectivity index (χ1n) is 6.54. The van der Waals surface area contributed by atoms with E-state index in [-0.39, 0.29) is 13.2 Å².